The van der Waals surface area contributed by atoms with Crippen molar-refractivity contribution in [2.75, 3.05) is 31.2 Å². The number of benzene rings is 1. The standard InChI is InChI=1S/C19H15Cl2N3O3S/c20-14-13(12-10-22-19(28-12)24-6-8-27-9-7-24)17(25)15(21)16(18(14)26)23-11-4-2-1-3-5-11/h1-5,10,15H,6-9H2. The van der Waals surface area contributed by atoms with Crippen LogP contribution in [0.2, 0.25) is 0 Å². The molecule has 1 aromatic carbocycles. The average molecular weight is 436 g/mol. The molecule has 0 radical (unpaired) electrons. The third-order valence-electron chi connectivity index (χ3n) is 4.40. The maximum atomic E-state index is 12.9. The number of ether oxygens (including phenoxy) is 1. The monoisotopic (exact) mass is 435 g/mol. The average Bonchev–Trinajstić information content (AvgIpc) is 3.21. The van der Waals surface area contributed by atoms with Gasteiger partial charge in [-0.15, -0.1) is 11.6 Å². The predicted octanol–water partition coefficient (Wildman–Crippen LogP) is 3.46. The van der Waals surface area contributed by atoms with Crippen LogP contribution in [0.4, 0.5) is 10.8 Å². The number of Topliss-reactive ketones (excluding diaryl/α,β-unsaturated/α-hetero) is 2. The van der Waals surface area contributed by atoms with Crippen molar-refractivity contribution in [3.8, 4) is 0 Å². The van der Waals surface area contributed by atoms with E-state index in [2.05, 4.69) is 14.9 Å². The van der Waals surface area contributed by atoms with Crippen LogP contribution >= 0.6 is 34.5 Å². The van der Waals surface area contributed by atoms with Crippen LogP contribution in [0.1, 0.15) is 4.88 Å². The van der Waals surface area contributed by atoms with Crippen LogP contribution in [-0.2, 0) is 14.3 Å². The zero-order valence-electron chi connectivity index (χ0n) is 14.6. The number of nitrogens with zero attached hydrogens (tertiary/aromatic N) is 3. The zero-order chi connectivity index (χ0) is 19.7. The topological polar surface area (TPSA) is 71.9 Å². The Hall–Kier alpha value is -2.06. The molecule has 1 atom stereocenters. The SMILES string of the molecule is O=C1C(=Nc2ccccc2)C(Cl)C(=O)C(c2cnc(N3CCOCC3)s2)=C1Cl. The van der Waals surface area contributed by atoms with Gasteiger partial charge in [-0.2, -0.15) is 0 Å². The van der Waals surface area contributed by atoms with Crippen molar-refractivity contribution in [3.05, 3.63) is 46.4 Å². The zero-order valence-corrected chi connectivity index (χ0v) is 16.9. The first-order chi connectivity index (χ1) is 13.6. The second-order valence-electron chi connectivity index (χ2n) is 6.18. The summed E-state index contributed by atoms with van der Waals surface area (Å²) in [7, 11) is 0. The van der Waals surface area contributed by atoms with Gasteiger partial charge in [0.25, 0.3) is 0 Å². The summed E-state index contributed by atoms with van der Waals surface area (Å²) in [4.78, 5) is 36.9. The van der Waals surface area contributed by atoms with Gasteiger partial charge in [0, 0.05) is 19.3 Å². The molecule has 1 unspecified atom stereocenters. The number of allylic oxidation sites excluding steroid dienone is 2. The van der Waals surface area contributed by atoms with E-state index in [4.69, 9.17) is 27.9 Å². The van der Waals surface area contributed by atoms with Gasteiger partial charge >= 0.3 is 0 Å². The number of hydrogen-bond acceptors (Lipinski definition) is 7. The minimum atomic E-state index is -1.20. The molecule has 1 aliphatic heterocycles. The summed E-state index contributed by atoms with van der Waals surface area (Å²) in [6, 6.07) is 8.84. The normalized spacial score (nSPS) is 22.3. The van der Waals surface area contributed by atoms with E-state index in [9.17, 15) is 9.59 Å². The first-order valence-electron chi connectivity index (χ1n) is 8.61. The summed E-state index contributed by atoms with van der Waals surface area (Å²) < 4.78 is 5.34. The number of carbonyl (C=O) groups excluding carboxylic acids is 2. The number of ketones is 2. The van der Waals surface area contributed by atoms with Crippen LogP contribution in [0.3, 0.4) is 0 Å². The van der Waals surface area contributed by atoms with E-state index in [0.717, 1.165) is 18.2 Å². The summed E-state index contributed by atoms with van der Waals surface area (Å²) >= 11 is 13.9. The summed E-state index contributed by atoms with van der Waals surface area (Å²) in [6.45, 7) is 2.69. The van der Waals surface area contributed by atoms with Gasteiger partial charge in [0.1, 0.15) is 16.1 Å². The Morgan fingerprint density at radius 2 is 1.89 bits per heavy atom. The third-order valence-corrected chi connectivity index (χ3v) is 6.24. The highest BCUT2D eigenvalue weighted by Gasteiger charge is 2.40. The van der Waals surface area contributed by atoms with Gasteiger partial charge in [0.15, 0.2) is 10.9 Å². The maximum Gasteiger partial charge on any atom is 0.221 e. The van der Waals surface area contributed by atoms with E-state index in [-0.39, 0.29) is 16.3 Å². The van der Waals surface area contributed by atoms with Gasteiger partial charge in [-0.3, -0.25) is 9.59 Å². The molecule has 1 aromatic heterocycles. The molecule has 4 rings (SSSR count). The number of thiazole rings is 1. The van der Waals surface area contributed by atoms with E-state index in [1.165, 1.54) is 11.3 Å². The first kappa shape index (κ1) is 19.3. The van der Waals surface area contributed by atoms with Crippen LogP contribution in [0.15, 0.2) is 46.6 Å². The molecule has 6 nitrogen and oxygen atoms in total. The fourth-order valence-electron chi connectivity index (χ4n) is 2.96. The molecule has 2 aliphatic rings. The molecule has 0 saturated carbocycles. The van der Waals surface area contributed by atoms with E-state index in [0.29, 0.717) is 23.8 Å². The van der Waals surface area contributed by atoms with Crippen molar-refractivity contribution >= 4 is 68.2 Å². The third kappa shape index (κ3) is 3.63. The van der Waals surface area contributed by atoms with E-state index in [1.54, 1.807) is 30.5 Å². The minimum absolute atomic E-state index is 0.0652. The fraction of sp³-hybridized carbons (Fsp3) is 0.263. The lowest BCUT2D eigenvalue weighted by Gasteiger charge is -2.26. The lowest BCUT2D eigenvalue weighted by molar-refractivity contribution is -0.115. The van der Waals surface area contributed by atoms with Crippen molar-refractivity contribution in [2.45, 2.75) is 5.38 Å². The summed E-state index contributed by atoms with van der Waals surface area (Å²) in [6.07, 6.45) is 1.56. The number of morpholine rings is 1. The molecule has 144 valence electrons. The largest absolute Gasteiger partial charge is 0.378 e. The molecule has 0 N–H and O–H groups in total. The minimum Gasteiger partial charge on any atom is -0.378 e. The number of alkyl halides is 1. The smallest absolute Gasteiger partial charge is 0.221 e. The molecule has 1 fully saturated rings. The number of halogens is 2. The molecule has 0 amide bonds. The van der Waals surface area contributed by atoms with Gasteiger partial charge in [0.05, 0.1) is 29.4 Å². The van der Waals surface area contributed by atoms with Crippen LogP contribution < -0.4 is 4.90 Å². The van der Waals surface area contributed by atoms with Crippen molar-refractivity contribution in [1.82, 2.24) is 4.98 Å². The second kappa shape index (κ2) is 8.13. The Balaban J connectivity index is 1.68. The summed E-state index contributed by atoms with van der Waals surface area (Å²) in [5, 5.41) is -0.613. The van der Waals surface area contributed by atoms with Gasteiger partial charge in [-0.1, -0.05) is 41.1 Å². The van der Waals surface area contributed by atoms with Gasteiger partial charge in [-0.05, 0) is 12.1 Å². The highest BCUT2D eigenvalue weighted by Crippen LogP contribution is 2.37. The first-order valence-corrected chi connectivity index (χ1v) is 10.2. The van der Waals surface area contributed by atoms with E-state index >= 15 is 0 Å². The van der Waals surface area contributed by atoms with Crippen molar-refractivity contribution in [3.63, 3.8) is 0 Å². The Labute approximate surface area is 175 Å². The number of aromatic nitrogens is 1. The molecule has 1 aliphatic carbocycles. The molecular formula is C19H15Cl2N3O3S. The van der Waals surface area contributed by atoms with Crippen LogP contribution in [0.25, 0.3) is 5.57 Å². The highest BCUT2D eigenvalue weighted by molar-refractivity contribution is 7.17. The summed E-state index contributed by atoms with van der Waals surface area (Å²) in [5.74, 6) is -0.987. The summed E-state index contributed by atoms with van der Waals surface area (Å²) in [5.41, 5.74) is 0.574. The lowest BCUT2D eigenvalue weighted by Crippen LogP contribution is -2.37. The number of rotatable bonds is 3. The number of hydrogen-bond donors (Lipinski definition) is 0. The van der Waals surface area contributed by atoms with Gasteiger partial charge in [-0.25, -0.2) is 9.98 Å². The molecule has 0 spiro atoms. The molecule has 2 aromatic rings. The van der Waals surface area contributed by atoms with Crippen LogP contribution in [0.5, 0.6) is 0 Å². The van der Waals surface area contributed by atoms with Gasteiger partial charge < -0.3 is 9.64 Å². The number of para-hydroxylation sites is 1. The Bertz CT molecular complexity index is 981. The number of anilines is 1. The maximum absolute atomic E-state index is 12.9. The quantitative estimate of drug-likeness (QED) is 0.690. The van der Waals surface area contributed by atoms with Gasteiger partial charge in [0.2, 0.25) is 5.78 Å². The number of aliphatic imine (C=N–C) groups is 1. The molecule has 28 heavy (non-hydrogen) atoms. The molecular weight excluding hydrogens is 421 g/mol. The van der Waals surface area contributed by atoms with Crippen molar-refractivity contribution < 1.29 is 14.3 Å². The lowest BCUT2D eigenvalue weighted by atomic mass is 9.93. The predicted molar refractivity (Wildman–Crippen MR) is 111 cm³/mol. The molecule has 9 heteroatoms. The van der Waals surface area contributed by atoms with E-state index in [1.807, 2.05) is 6.07 Å². The van der Waals surface area contributed by atoms with E-state index < -0.39 is 16.9 Å². The number of carbonyl (C=O) groups is 2. The fourth-order valence-corrected chi connectivity index (χ4v) is 4.59. The Morgan fingerprint density at radius 3 is 2.61 bits per heavy atom. The molecule has 2 heterocycles. The Kier molecular flexibility index (Phi) is 5.59. The van der Waals surface area contributed by atoms with Crippen molar-refractivity contribution in [2.24, 2.45) is 4.99 Å². The van der Waals surface area contributed by atoms with Crippen LogP contribution in [0, 0.1) is 0 Å². The Morgan fingerprint density at radius 1 is 1.18 bits per heavy atom. The second-order valence-corrected chi connectivity index (χ2v) is 8.01. The van der Waals surface area contributed by atoms with Crippen molar-refractivity contribution in [1.29, 1.82) is 0 Å². The highest BCUT2D eigenvalue weighted by atomic mass is 35.5. The van der Waals surface area contributed by atoms with Crippen LogP contribution in [-0.4, -0.2) is 53.9 Å². The molecule has 0 bridgehead atoms. The molecule has 1 saturated heterocycles.